The molecule has 0 aliphatic carbocycles. The summed E-state index contributed by atoms with van der Waals surface area (Å²) in [7, 11) is 0. The Hall–Kier alpha value is -2.50. The van der Waals surface area contributed by atoms with E-state index in [1.807, 2.05) is 74.5 Å². The van der Waals surface area contributed by atoms with Gasteiger partial charge in [0.25, 0.3) is 0 Å². The van der Waals surface area contributed by atoms with Crippen LogP contribution in [0.5, 0.6) is 17.2 Å². The molecule has 3 aromatic carbocycles. The summed E-state index contributed by atoms with van der Waals surface area (Å²) in [6.07, 6.45) is 1.80. The zero-order valence-electron chi connectivity index (χ0n) is 16.9. The maximum atomic E-state index is 6.06. The van der Waals surface area contributed by atoms with Crippen LogP contribution in [0.1, 0.15) is 25.0 Å². The summed E-state index contributed by atoms with van der Waals surface area (Å²) in [4.78, 5) is 4.54. The number of halogens is 2. The van der Waals surface area contributed by atoms with E-state index in [2.05, 4.69) is 20.9 Å². The van der Waals surface area contributed by atoms with Gasteiger partial charge in [0.2, 0.25) is 0 Å². The van der Waals surface area contributed by atoms with Crippen molar-refractivity contribution in [3.8, 4) is 17.2 Å². The molecule has 0 radical (unpaired) electrons. The van der Waals surface area contributed by atoms with Crippen molar-refractivity contribution in [3.63, 3.8) is 0 Å². The minimum atomic E-state index is 0.388. The van der Waals surface area contributed by atoms with Gasteiger partial charge in [-0.3, -0.25) is 4.99 Å². The predicted molar refractivity (Wildman–Crippen MR) is 126 cm³/mol. The number of hydrogen-bond donors (Lipinski definition) is 0. The van der Waals surface area contributed by atoms with E-state index in [0.29, 0.717) is 36.3 Å². The van der Waals surface area contributed by atoms with Crippen LogP contribution in [0.15, 0.2) is 70.1 Å². The highest BCUT2D eigenvalue weighted by Crippen LogP contribution is 2.37. The Kier molecular flexibility index (Phi) is 8.17. The molecule has 0 saturated carbocycles. The van der Waals surface area contributed by atoms with Gasteiger partial charge >= 0.3 is 0 Å². The second-order valence-corrected chi connectivity index (χ2v) is 7.66. The third-order valence-electron chi connectivity index (χ3n) is 4.11. The molecule has 6 heteroatoms. The first kappa shape index (κ1) is 22.2. The van der Waals surface area contributed by atoms with E-state index < -0.39 is 0 Å². The molecular formula is C24H23BrClNO3. The molecule has 0 aliphatic heterocycles. The molecule has 3 aromatic rings. The fraction of sp³-hybridized carbons (Fsp3) is 0.208. The zero-order chi connectivity index (χ0) is 21.3. The molecule has 0 fully saturated rings. The molecule has 0 saturated heterocycles. The fourth-order valence-corrected chi connectivity index (χ4v) is 3.58. The van der Waals surface area contributed by atoms with Crippen molar-refractivity contribution in [2.24, 2.45) is 4.99 Å². The van der Waals surface area contributed by atoms with Gasteiger partial charge in [0.1, 0.15) is 12.4 Å². The molecule has 0 unspecified atom stereocenters. The van der Waals surface area contributed by atoms with Crippen molar-refractivity contribution >= 4 is 39.4 Å². The Balaban J connectivity index is 1.77. The summed E-state index contributed by atoms with van der Waals surface area (Å²) in [5.74, 6) is 2.14. The number of ether oxygens (including phenoxy) is 3. The molecule has 0 heterocycles. The van der Waals surface area contributed by atoms with Crippen molar-refractivity contribution in [1.82, 2.24) is 0 Å². The van der Waals surface area contributed by atoms with Crippen LogP contribution in [-0.4, -0.2) is 19.4 Å². The molecule has 4 nitrogen and oxygen atoms in total. The summed E-state index contributed by atoms with van der Waals surface area (Å²) >= 11 is 9.66. The van der Waals surface area contributed by atoms with Crippen LogP contribution in [0.4, 0.5) is 5.69 Å². The van der Waals surface area contributed by atoms with Gasteiger partial charge in [-0.25, -0.2) is 0 Å². The maximum absolute atomic E-state index is 6.06. The largest absolute Gasteiger partial charge is 0.494 e. The first-order valence-corrected chi connectivity index (χ1v) is 10.9. The third-order valence-corrected chi connectivity index (χ3v) is 4.94. The lowest BCUT2D eigenvalue weighted by atomic mass is 10.2. The van der Waals surface area contributed by atoms with Crippen LogP contribution >= 0.6 is 27.5 Å². The third kappa shape index (κ3) is 6.25. The Morgan fingerprint density at radius 3 is 2.40 bits per heavy atom. The second-order valence-electron chi connectivity index (χ2n) is 6.37. The lowest BCUT2D eigenvalue weighted by Crippen LogP contribution is -2.01. The van der Waals surface area contributed by atoms with Crippen LogP contribution in [0.2, 0.25) is 5.02 Å². The minimum absolute atomic E-state index is 0.388. The van der Waals surface area contributed by atoms with Crippen molar-refractivity contribution in [3.05, 3.63) is 81.3 Å². The van der Waals surface area contributed by atoms with E-state index >= 15 is 0 Å². The average molecular weight is 489 g/mol. The van der Waals surface area contributed by atoms with Crippen LogP contribution in [0.25, 0.3) is 0 Å². The Morgan fingerprint density at radius 1 is 0.933 bits per heavy atom. The number of aliphatic imine (C=N–C) groups is 1. The topological polar surface area (TPSA) is 40.0 Å². The van der Waals surface area contributed by atoms with Gasteiger partial charge in [-0.05, 0) is 89.4 Å². The zero-order valence-corrected chi connectivity index (χ0v) is 19.2. The Bertz CT molecular complexity index is 1010. The van der Waals surface area contributed by atoms with Crippen molar-refractivity contribution in [2.75, 3.05) is 13.2 Å². The fourth-order valence-electron chi connectivity index (χ4n) is 2.79. The van der Waals surface area contributed by atoms with Gasteiger partial charge < -0.3 is 14.2 Å². The van der Waals surface area contributed by atoms with Crippen LogP contribution in [-0.2, 0) is 6.61 Å². The van der Waals surface area contributed by atoms with E-state index in [-0.39, 0.29) is 0 Å². The maximum Gasteiger partial charge on any atom is 0.175 e. The van der Waals surface area contributed by atoms with Gasteiger partial charge in [0.05, 0.1) is 23.4 Å². The molecule has 0 spiro atoms. The molecule has 0 bridgehead atoms. The lowest BCUT2D eigenvalue weighted by molar-refractivity contribution is 0.267. The molecule has 156 valence electrons. The monoisotopic (exact) mass is 487 g/mol. The molecule has 3 rings (SSSR count). The molecule has 0 N–H and O–H groups in total. The summed E-state index contributed by atoms with van der Waals surface area (Å²) in [5, 5.41) is 0.682. The number of benzene rings is 3. The number of rotatable bonds is 9. The smallest absolute Gasteiger partial charge is 0.175 e. The Morgan fingerprint density at radius 2 is 1.70 bits per heavy atom. The van der Waals surface area contributed by atoms with E-state index in [0.717, 1.165) is 27.0 Å². The van der Waals surface area contributed by atoms with Crippen molar-refractivity contribution < 1.29 is 14.2 Å². The van der Waals surface area contributed by atoms with Crippen molar-refractivity contribution in [1.29, 1.82) is 0 Å². The quantitative estimate of drug-likeness (QED) is 0.298. The van der Waals surface area contributed by atoms with E-state index in [4.69, 9.17) is 25.8 Å². The van der Waals surface area contributed by atoms with Gasteiger partial charge in [0, 0.05) is 11.2 Å². The van der Waals surface area contributed by atoms with Gasteiger partial charge in [0.15, 0.2) is 11.5 Å². The lowest BCUT2D eigenvalue weighted by Gasteiger charge is -2.15. The summed E-state index contributed by atoms with van der Waals surface area (Å²) in [5.41, 5.74) is 2.72. The molecule has 0 aromatic heterocycles. The summed E-state index contributed by atoms with van der Waals surface area (Å²) in [6, 6.07) is 19.1. The highest BCUT2D eigenvalue weighted by Gasteiger charge is 2.12. The molecule has 0 aliphatic rings. The van der Waals surface area contributed by atoms with Gasteiger partial charge in [-0.2, -0.15) is 0 Å². The van der Waals surface area contributed by atoms with Crippen molar-refractivity contribution in [2.45, 2.75) is 20.5 Å². The normalized spacial score (nSPS) is 10.9. The number of hydrogen-bond acceptors (Lipinski definition) is 4. The first-order valence-electron chi connectivity index (χ1n) is 9.69. The molecular weight excluding hydrogens is 466 g/mol. The average Bonchev–Trinajstić information content (AvgIpc) is 2.73. The minimum Gasteiger partial charge on any atom is -0.494 e. The number of nitrogens with zero attached hydrogens (tertiary/aromatic N) is 1. The first-order chi connectivity index (χ1) is 14.6. The van der Waals surface area contributed by atoms with Gasteiger partial charge in [-0.15, -0.1) is 0 Å². The van der Waals surface area contributed by atoms with Crippen LogP contribution in [0.3, 0.4) is 0 Å². The standard InChI is InChI=1S/C24H23BrClNO3/c1-3-28-21-10-8-20(9-11-21)27-15-18-13-22(25)24(23(14-18)29-4-2)30-16-17-6-5-7-19(26)12-17/h5-15H,3-4,16H2,1-2H3. The van der Waals surface area contributed by atoms with E-state index in [1.54, 1.807) is 6.21 Å². The molecule has 0 amide bonds. The highest BCUT2D eigenvalue weighted by atomic mass is 79.9. The Labute approximate surface area is 190 Å². The summed E-state index contributed by atoms with van der Waals surface area (Å²) < 4.78 is 18.1. The second kappa shape index (κ2) is 11.0. The van der Waals surface area contributed by atoms with Crippen LogP contribution < -0.4 is 14.2 Å². The van der Waals surface area contributed by atoms with Crippen LogP contribution in [0, 0.1) is 0 Å². The van der Waals surface area contributed by atoms with Gasteiger partial charge in [-0.1, -0.05) is 23.7 Å². The molecule has 0 atom stereocenters. The van der Waals surface area contributed by atoms with E-state index in [1.165, 1.54) is 0 Å². The highest BCUT2D eigenvalue weighted by molar-refractivity contribution is 9.10. The molecule has 30 heavy (non-hydrogen) atoms. The predicted octanol–water partition coefficient (Wildman–Crippen LogP) is 7.23. The van der Waals surface area contributed by atoms with E-state index in [9.17, 15) is 0 Å². The summed E-state index contributed by atoms with van der Waals surface area (Å²) in [6.45, 7) is 5.46. The SMILES string of the molecule is CCOc1ccc(N=Cc2cc(Br)c(OCc3cccc(Cl)c3)c(OCC)c2)cc1.